The van der Waals surface area contributed by atoms with Crippen LogP contribution in [0, 0.1) is 5.82 Å². The van der Waals surface area contributed by atoms with Crippen LogP contribution in [0.1, 0.15) is 21.7 Å². The van der Waals surface area contributed by atoms with Crippen LogP contribution >= 0.6 is 11.8 Å². The third-order valence-corrected chi connectivity index (χ3v) is 3.87. The maximum Gasteiger partial charge on any atom is 0.248 e. The summed E-state index contributed by atoms with van der Waals surface area (Å²) in [5, 5.41) is 8.55. The number of halogens is 1. The summed E-state index contributed by atoms with van der Waals surface area (Å²) in [6.07, 6.45) is 0. The Bertz CT molecular complexity index is 643. The van der Waals surface area contributed by atoms with Crippen molar-refractivity contribution in [3.05, 3.63) is 41.0 Å². The van der Waals surface area contributed by atoms with Gasteiger partial charge in [-0.15, -0.1) is 10.2 Å². The van der Waals surface area contributed by atoms with Crippen molar-refractivity contribution >= 4 is 17.7 Å². The predicted octanol–water partition coefficient (Wildman–Crippen LogP) is 0.804. The van der Waals surface area contributed by atoms with Crippen LogP contribution in [-0.2, 0) is 19.3 Å². The average molecular weight is 295 g/mol. The summed E-state index contributed by atoms with van der Waals surface area (Å²) < 4.78 is 15.6. The molecule has 0 bridgehead atoms. The van der Waals surface area contributed by atoms with Gasteiger partial charge in [-0.25, -0.2) is 4.39 Å². The van der Waals surface area contributed by atoms with Crippen molar-refractivity contribution < 1.29 is 9.18 Å². The second-order valence-electron chi connectivity index (χ2n) is 4.12. The Kier molecular flexibility index (Phi) is 4.35. The molecule has 0 spiro atoms. The summed E-state index contributed by atoms with van der Waals surface area (Å²) >= 11 is 1.34. The summed E-state index contributed by atoms with van der Waals surface area (Å²) in [7, 11) is 1.80. The van der Waals surface area contributed by atoms with Crippen LogP contribution in [0.2, 0.25) is 0 Å². The van der Waals surface area contributed by atoms with Crippen LogP contribution in [0.25, 0.3) is 0 Å². The highest BCUT2D eigenvalue weighted by Gasteiger charge is 2.11. The molecular formula is C12H14FN5OS. The molecule has 0 aliphatic rings. The lowest BCUT2D eigenvalue weighted by molar-refractivity contribution is 0.1000. The number of carbonyl (C=O) groups is 1. The fourth-order valence-corrected chi connectivity index (χ4v) is 2.52. The van der Waals surface area contributed by atoms with E-state index in [2.05, 4.69) is 10.2 Å². The maximum atomic E-state index is 13.8. The first-order valence-corrected chi connectivity index (χ1v) is 6.81. The van der Waals surface area contributed by atoms with E-state index in [1.807, 2.05) is 0 Å². The monoisotopic (exact) mass is 295 g/mol. The van der Waals surface area contributed by atoms with Gasteiger partial charge in [0.2, 0.25) is 5.91 Å². The molecule has 20 heavy (non-hydrogen) atoms. The van der Waals surface area contributed by atoms with E-state index >= 15 is 0 Å². The van der Waals surface area contributed by atoms with Crippen LogP contribution < -0.4 is 11.5 Å². The first-order valence-electron chi connectivity index (χ1n) is 5.82. The number of rotatable bonds is 5. The predicted molar refractivity (Wildman–Crippen MR) is 73.4 cm³/mol. The molecular weight excluding hydrogens is 281 g/mol. The van der Waals surface area contributed by atoms with Crippen molar-refractivity contribution in [1.29, 1.82) is 0 Å². The lowest BCUT2D eigenvalue weighted by Gasteiger charge is -2.05. The van der Waals surface area contributed by atoms with E-state index in [9.17, 15) is 9.18 Å². The summed E-state index contributed by atoms with van der Waals surface area (Å²) in [6, 6.07) is 4.19. The van der Waals surface area contributed by atoms with Gasteiger partial charge in [-0.2, -0.15) is 0 Å². The molecule has 1 aromatic carbocycles. The molecule has 0 unspecified atom stereocenters. The molecule has 8 heteroatoms. The molecule has 0 radical (unpaired) electrons. The standard InChI is InChI=1S/C12H14FN5OS/c1-18-10(5-14)16-17-12(18)20-6-8-3-2-7(11(15)19)4-9(8)13/h2-4H,5-6,14H2,1H3,(H2,15,19). The molecule has 0 aliphatic carbocycles. The van der Waals surface area contributed by atoms with Crippen molar-refractivity contribution in [2.75, 3.05) is 0 Å². The van der Waals surface area contributed by atoms with E-state index < -0.39 is 11.7 Å². The zero-order valence-corrected chi connectivity index (χ0v) is 11.7. The number of aromatic nitrogens is 3. The molecule has 4 N–H and O–H groups in total. The quantitative estimate of drug-likeness (QED) is 0.795. The van der Waals surface area contributed by atoms with Gasteiger partial charge in [0, 0.05) is 18.4 Å². The number of primary amides is 1. The lowest BCUT2D eigenvalue weighted by Crippen LogP contribution is -2.11. The largest absolute Gasteiger partial charge is 0.366 e. The van der Waals surface area contributed by atoms with E-state index in [-0.39, 0.29) is 5.56 Å². The molecule has 0 saturated carbocycles. The van der Waals surface area contributed by atoms with Gasteiger partial charge in [0.25, 0.3) is 0 Å². The molecule has 2 aromatic rings. The van der Waals surface area contributed by atoms with Gasteiger partial charge in [0.05, 0.1) is 6.54 Å². The molecule has 0 saturated heterocycles. The third-order valence-electron chi connectivity index (χ3n) is 2.80. The topological polar surface area (TPSA) is 99.8 Å². The smallest absolute Gasteiger partial charge is 0.248 e. The summed E-state index contributed by atoms with van der Waals surface area (Å²) in [5.74, 6) is -0.0717. The highest BCUT2D eigenvalue weighted by Crippen LogP contribution is 2.23. The van der Waals surface area contributed by atoms with Crippen molar-refractivity contribution in [3.63, 3.8) is 0 Å². The molecule has 6 nitrogen and oxygen atoms in total. The Balaban J connectivity index is 2.11. The minimum Gasteiger partial charge on any atom is -0.366 e. The minimum atomic E-state index is -0.649. The van der Waals surface area contributed by atoms with Crippen molar-refractivity contribution in [2.24, 2.45) is 18.5 Å². The molecule has 0 aliphatic heterocycles. The van der Waals surface area contributed by atoms with E-state index in [0.29, 0.717) is 28.8 Å². The van der Waals surface area contributed by atoms with Gasteiger partial charge in [-0.1, -0.05) is 17.8 Å². The number of benzene rings is 1. The second kappa shape index (κ2) is 6.02. The van der Waals surface area contributed by atoms with Crippen LogP contribution in [0.5, 0.6) is 0 Å². The highest BCUT2D eigenvalue weighted by molar-refractivity contribution is 7.98. The van der Waals surface area contributed by atoms with E-state index in [1.54, 1.807) is 17.7 Å². The summed E-state index contributed by atoms with van der Waals surface area (Å²) in [5.41, 5.74) is 11.2. The number of thioether (sulfide) groups is 1. The number of hydrogen-bond acceptors (Lipinski definition) is 5. The number of amides is 1. The van der Waals surface area contributed by atoms with E-state index in [1.165, 1.54) is 17.8 Å². The fourth-order valence-electron chi connectivity index (χ4n) is 1.61. The van der Waals surface area contributed by atoms with Gasteiger partial charge < -0.3 is 16.0 Å². The Morgan fingerprint density at radius 2 is 2.20 bits per heavy atom. The lowest BCUT2D eigenvalue weighted by atomic mass is 10.1. The Labute approximate surface area is 119 Å². The molecule has 2 rings (SSSR count). The Morgan fingerprint density at radius 3 is 2.75 bits per heavy atom. The SMILES string of the molecule is Cn1c(CN)nnc1SCc1ccc(C(N)=O)cc1F. The third kappa shape index (κ3) is 2.97. The molecule has 106 valence electrons. The number of hydrogen-bond donors (Lipinski definition) is 2. The molecule has 0 fully saturated rings. The van der Waals surface area contributed by atoms with Gasteiger partial charge in [-0.3, -0.25) is 4.79 Å². The van der Waals surface area contributed by atoms with Crippen LogP contribution in [-0.4, -0.2) is 20.7 Å². The molecule has 1 amide bonds. The second-order valence-corrected chi connectivity index (χ2v) is 5.06. The molecule has 1 heterocycles. The number of nitrogens with zero attached hydrogens (tertiary/aromatic N) is 3. The van der Waals surface area contributed by atoms with Crippen LogP contribution in [0.3, 0.4) is 0 Å². The van der Waals surface area contributed by atoms with Crippen molar-refractivity contribution in [1.82, 2.24) is 14.8 Å². The Hall–Kier alpha value is -1.93. The first kappa shape index (κ1) is 14.5. The van der Waals surface area contributed by atoms with E-state index in [0.717, 1.165) is 6.07 Å². The van der Waals surface area contributed by atoms with E-state index in [4.69, 9.17) is 11.5 Å². The maximum absolute atomic E-state index is 13.8. The normalized spacial score (nSPS) is 10.8. The summed E-state index contributed by atoms with van der Waals surface area (Å²) in [6.45, 7) is 0.297. The average Bonchev–Trinajstić information content (AvgIpc) is 2.77. The Morgan fingerprint density at radius 1 is 1.45 bits per heavy atom. The van der Waals surface area contributed by atoms with Crippen molar-refractivity contribution in [3.8, 4) is 0 Å². The fraction of sp³-hybridized carbons (Fsp3) is 0.250. The van der Waals surface area contributed by atoms with Gasteiger partial charge in [-0.05, 0) is 17.7 Å². The van der Waals surface area contributed by atoms with Crippen LogP contribution in [0.4, 0.5) is 4.39 Å². The van der Waals surface area contributed by atoms with Crippen molar-refractivity contribution in [2.45, 2.75) is 17.5 Å². The first-order chi connectivity index (χ1) is 9.52. The number of nitrogens with two attached hydrogens (primary N) is 2. The van der Waals surface area contributed by atoms with Gasteiger partial charge >= 0.3 is 0 Å². The van der Waals surface area contributed by atoms with Gasteiger partial charge in [0.15, 0.2) is 5.16 Å². The van der Waals surface area contributed by atoms with Gasteiger partial charge in [0.1, 0.15) is 11.6 Å². The zero-order chi connectivity index (χ0) is 14.7. The zero-order valence-electron chi connectivity index (χ0n) is 10.8. The summed E-state index contributed by atoms with van der Waals surface area (Å²) in [4.78, 5) is 10.9. The molecule has 0 atom stereocenters. The highest BCUT2D eigenvalue weighted by atomic mass is 32.2. The number of carbonyl (C=O) groups excluding carboxylic acids is 1. The van der Waals surface area contributed by atoms with Crippen LogP contribution in [0.15, 0.2) is 23.4 Å². The minimum absolute atomic E-state index is 0.153. The molecule has 1 aromatic heterocycles.